The second-order valence-corrected chi connectivity index (χ2v) is 7.93. The molecule has 2 heterocycles. The Kier molecular flexibility index (Phi) is 5.09. The van der Waals surface area contributed by atoms with Crippen LogP contribution in [0.15, 0.2) is 36.5 Å². The topological polar surface area (TPSA) is 38.1 Å². The van der Waals surface area contributed by atoms with E-state index < -0.39 is 0 Å². The first-order valence-corrected chi connectivity index (χ1v) is 10.1. The van der Waals surface area contributed by atoms with Crippen molar-refractivity contribution in [3.63, 3.8) is 0 Å². The van der Waals surface area contributed by atoms with Gasteiger partial charge in [-0.05, 0) is 44.9 Å². The molecule has 0 N–H and O–H groups in total. The van der Waals surface area contributed by atoms with Gasteiger partial charge in [0, 0.05) is 43.0 Å². The number of likely N-dealkylation sites (tertiary alicyclic amines) is 1. The Morgan fingerprint density at radius 3 is 2.50 bits per heavy atom. The van der Waals surface area contributed by atoms with E-state index in [1.54, 1.807) is 0 Å². The molecule has 1 aliphatic carbocycles. The molecule has 1 saturated heterocycles. The van der Waals surface area contributed by atoms with Crippen molar-refractivity contribution in [1.82, 2.24) is 14.5 Å². The molecule has 0 spiro atoms. The summed E-state index contributed by atoms with van der Waals surface area (Å²) >= 11 is 0. The SMILES string of the molecule is Cc1cnc(-c2ccccc2)n1CCC1CCN(C(=O)C2CCC2)CC1. The number of aromatic nitrogens is 2. The van der Waals surface area contributed by atoms with E-state index in [1.165, 1.54) is 24.1 Å². The fourth-order valence-corrected chi connectivity index (χ4v) is 4.23. The zero-order valence-corrected chi connectivity index (χ0v) is 15.7. The van der Waals surface area contributed by atoms with Crippen LogP contribution in [0.1, 0.15) is 44.2 Å². The lowest BCUT2D eigenvalue weighted by molar-refractivity contribution is -0.139. The van der Waals surface area contributed by atoms with Crippen molar-refractivity contribution in [2.75, 3.05) is 13.1 Å². The molecule has 1 aromatic carbocycles. The average molecular weight is 351 g/mol. The lowest BCUT2D eigenvalue weighted by Gasteiger charge is -2.36. The Balaban J connectivity index is 1.33. The van der Waals surface area contributed by atoms with Crippen LogP contribution in [0.25, 0.3) is 11.4 Å². The van der Waals surface area contributed by atoms with Gasteiger partial charge in [0.1, 0.15) is 5.82 Å². The minimum atomic E-state index is 0.341. The molecule has 2 aromatic rings. The third kappa shape index (κ3) is 3.55. The Morgan fingerprint density at radius 2 is 1.85 bits per heavy atom. The summed E-state index contributed by atoms with van der Waals surface area (Å²) in [5, 5.41) is 0. The minimum absolute atomic E-state index is 0.341. The van der Waals surface area contributed by atoms with E-state index in [0.29, 0.717) is 17.7 Å². The summed E-state index contributed by atoms with van der Waals surface area (Å²) < 4.78 is 2.35. The summed E-state index contributed by atoms with van der Waals surface area (Å²) in [5.74, 6) is 2.55. The minimum Gasteiger partial charge on any atom is -0.342 e. The highest BCUT2D eigenvalue weighted by molar-refractivity contribution is 5.79. The maximum absolute atomic E-state index is 12.4. The quantitative estimate of drug-likeness (QED) is 0.806. The molecule has 2 aliphatic rings. The van der Waals surface area contributed by atoms with Gasteiger partial charge in [0.15, 0.2) is 0 Å². The molecule has 0 unspecified atom stereocenters. The van der Waals surface area contributed by atoms with Crippen molar-refractivity contribution in [2.24, 2.45) is 11.8 Å². The highest BCUT2D eigenvalue weighted by Gasteiger charge is 2.31. The van der Waals surface area contributed by atoms with E-state index in [2.05, 4.69) is 45.6 Å². The van der Waals surface area contributed by atoms with Gasteiger partial charge in [-0.1, -0.05) is 36.8 Å². The number of carbonyl (C=O) groups is 1. The second kappa shape index (κ2) is 7.65. The normalized spacial score (nSPS) is 18.7. The van der Waals surface area contributed by atoms with Crippen LogP contribution in [0.3, 0.4) is 0 Å². The van der Waals surface area contributed by atoms with E-state index in [1.807, 2.05) is 12.3 Å². The van der Waals surface area contributed by atoms with Crippen LogP contribution >= 0.6 is 0 Å². The van der Waals surface area contributed by atoms with Gasteiger partial charge in [0.25, 0.3) is 0 Å². The number of hydrogen-bond donors (Lipinski definition) is 0. The Morgan fingerprint density at radius 1 is 1.12 bits per heavy atom. The maximum atomic E-state index is 12.4. The summed E-state index contributed by atoms with van der Waals surface area (Å²) in [6, 6.07) is 10.4. The number of amides is 1. The molecule has 4 nitrogen and oxygen atoms in total. The number of rotatable bonds is 5. The zero-order chi connectivity index (χ0) is 17.9. The molecule has 1 aromatic heterocycles. The smallest absolute Gasteiger partial charge is 0.225 e. The van der Waals surface area contributed by atoms with Crippen molar-refractivity contribution < 1.29 is 4.79 Å². The largest absolute Gasteiger partial charge is 0.342 e. The van der Waals surface area contributed by atoms with E-state index >= 15 is 0 Å². The maximum Gasteiger partial charge on any atom is 0.225 e. The molecule has 2 fully saturated rings. The molecule has 0 radical (unpaired) electrons. The summed E-state index contributed by atoms with van der Waals surface area (Å²) in [7, 11) is 0. The molecular formula is C22H29N3O. The van der Waals surface area contributed by atoms with Crippen LogP contribution in [0.5, 0.6) is 0 Å². The van der Waals surface area contributed by atoms with E-state index in [9.17, 15) is 4.79 Å². The summed E-state index contributed by atoms with van der Waals surface area (Å²) in [6.45, 7) is 5.06. The molecule has 4 rings (SSSR count). The molecule has 4 heteroatoms. The number of carbonyl (C=O) groups excluding carboxylic acids is 1. The first kappa shape index (κ1) is 17.3. The van der Waals surface area contributed by atoms with Gasteiger partial charge in [-0.2, -0.15) is 0 Å². The van der Waals surface area contributed by atoms with Crippen molar-refractivity contribution >= 4 is 5.91 Å². The predicted octanol–water partition coefficient (Wildman–Crippen LogP) is 4.29. The first-order chi connectivity index (χ1) is 12.7. The number of hydrogen-bond acceptors (Lipinski definition) is 2. The Bertz CT molecular complexity index is 740. The lowest BCUT2D eigenvalue weighted by Crippen LogP contribution is -2.43. The highest BCUT2D eigenvalue weighted by atomic mass is 16.2. The van der Waals surface area contributed by atoms with Gasteiger partial charge >= 0.3 is 0 Å². The fraction of sp³-hybridized carbons (Fsp3) is 0.545. The molecule has 1 saturated carbocycles. The highest BCUT2D eigenvalue weighted by Crippen LogP contribution is 2.31. The number of piperidine rings is 1. The fourth-order valence-electron chi connectivity index (χ4n) is 4.23. The van der Waals surface area contributed by atoms with Gasteiger partial charge in [0.05, 0.1) is 0 Å². The number of imidazole rings is 1. The van der Waals surface area contributed by atoms with Gasteiger partial charge in [-0.15, -0.1) is 0 Å². The van der Waals surface area contributed by atoms with E-state index in [-0.39, 0.29) is 0 Å². The van der Waals surface area contributed by atoms with Crippen molar-refractivity contribution in [3.05, 3.63) is 42.2 Å². The molecule has 1 aliphatic heterocycles. The lowest BCUT2D eigenvalue weighted by atomic mass is 9.83. The van der Waals surface area contributed by atoms with Crippen LogP contribution in [0.4, 0.5) is 0 Å². The number of benzene rings is 1. The standard InChI is InChI=1S/C22H29N3O/c1-17-16-23-21(19-6-3-2-4-7-19)25(17)15-12-18-10-13-24(14-11-18)22(26)20-8-5-9-20/h2-4,6-7,16,18,20H,5,8-15H2,1H3. The molecule has 138 valence electrons. The second-order valence-electron chi connectivity index (χ2n) is 7.93. The van der Waals surface area contributed by atoms with Crippen molar-refractivity contribution in [2.45, 2.75) is 52.0 Å². The molecule has 0 atom stereocenters. The van der Waals surface area contributed by atoms with Gasteiger partial charge < -0.3 is 9.47 Å². The molecule has 1 amide bonds. The van der Waals surface area contributed by atoms with Crippen LogP contribution < -0.4 is 0 Å². The molecular weight excluding hydrogens is 322 g/mol. The van der Waals surface area contributed by atoms with E-state index in [4.69, 9.17) is 0 Å². The van der Waals surface area contributed by atoms with Gasteiger partial charge in [-0.25, -0.2) is 4.98 Å². The van der Waals surface area contributed by atoms with Gasteiger partial charge in [-0.3, -0.25) is 4.79 Å². The number of aryl methyl sites for hydroxylation is 1. The molecule has 0 bridgehead atoms. The monoisotopic (exact) mass is 351 g/mol. The summed E-state index contributed by atoms with van der Waals surface area (Å²) in [6.07, 6.45) is 8.90. The third-order valence-corrected chi connectivity index (χ3v) is 6.23. The van der Waals surface area contributed by atoms with Crippen LogP contribution in [-0.2, 0) is 11.3 Å². The Labute approximate surface area is 156 Å². The zero-order valence-electron chi connectivity index (χ0n) is 15.7. The van der Waals surface area contributed by atoms with Crippen molar-refractivity contribution in [3.8, 4) is 11.4 Å². The predicted molar refractivity (Wildman–Crippen MR) is 104 cm³/mol. The van der Waals surface area contributed by atoms with E-state index in [0.717, 1.165) is 51.1 Å². The van der Waals surface area contributed by atoms with Crippen LogP contribution in [0, 0.1) is 18.8 Å². The number of nitrogens with zero attached hydrogens (tertiary/aromatic N) is 3. The van der Waals surface area contributed by atoms with Crippen LogP contribution in [0.2, 0.25) is 0 Å². The van der Waals surface area contributed by atoms with Crippen molar-refractivity contribution in [1.29, 1.82) is 0 Å². The Hall–Kier alpha value is -2.10. The summed E-state index contributed by atoms with van der Waals surface area (Å²) in [5.41, 5.74) is 2.41. The first-order valence-electron chi connectivity index (χ1n) is 10.1. The molecule has 26 heavy (non-hydrogen) atoms. The average Bonchev–Trinajstić information content (AvgIpc) is 3.00. The van der Waals surface area contributed by atoms with Crippen LogP contribution in [-0.4, -0.2) is 33.4 Å². The van der Waals surface area contributed by atoms with Gasteiger partial charge in [0.2, 0.25) is 5.91 Å². The third-order valence-electron chi connectivity index (χ3n) is 6.23. The summed E-state index contributed by atoms with van der Waals surface area (Å²) in [4.78, 5) is 19.1.